The van der Waals surface area contributed by atoms with Crippen molar-refractivity contribution in [2.75, 3.05) is 0 Å². The number of hydrogen-bond donors (Lipinski definition) is 2. The van der Waals surface area contributed by atoms with Crippen LogP contribution in [0.2, 0.25) is 4.34 Å². The van der Waals surface area contributed by atoms with E-state index < -0.39 is 0 Å². The van der Waals surface area contributed by atoms with E-state index in [0.29, 0.717) is 15.7 Å². The van der Waals surface area contributed by atoms with Crippen molar-refractivity contribution in [2.24, 2.45) is 5.73 Å². The first-order valence-corrected chi connectivity index (χ1v) is 6.95. The maximum atomic E-state index is 9.54. The molecule has 0 bridgehead atoms. The van der Waals surface area contributed by atoms with Gasteiger partial charge in [-0.15, -0.1) is 11.3 Å². The molecule has 1 aliphatic heterocycles. The molecule has 4 nitrogen and oxygen atoms in total. The largest absolute Gasteiger partial charge is 0.508 e. The van der Waals surface area contributed by atoms with E-state index in [2.05, 4.69) is 6.07 Å². The van der Waals surface area contributed by atoms with Crippen molar-refractivity contribution in [3.8, 4) is 17.6 Å². The van der Waals surface area contributed by atoms with Crippen molar-refractivity contribution in [1.29, 1.82) is 5.26 Å². The van der Waals surface area contributed by atoms with Gasteiger partial charge in [-0.25, -0.2) is 0 Å². The standard InChI is InChI=1S/C14H9ClN2O2S/c15-12-4-3-11(20-12)13-8-2-1-7(18)5-10(8)19-14(17)9(13)6-16/h1-5,13,18H,17H2/t13-/m1/s1. The molecule has 20 heavy (non-hydrogen) atoms. The van der Waals surface area contributed by atoms with Crippen LogP contribution in [0.3, 0.4) is 0 Å². The van der Waals surface area contributed by atoms with Crippen LogP contribution in [-0.4, -0.2) is 5.11 Å². The molecule has 0 unspecified atom stereocenters. The van der Waals surface area contributed by atoms with Gasteiger partial charge < -0.3 is 15.6 Å². The van der Waals surface area contributed by atoms with E-state index in [1.54, 1.807) is 18.2 Å². The van der Waals surface area contributed by atoms with Gasteiger partial charge in [-0.2, -0.15) is 5.26 Å². The van der Waals surface area contributed by atoms with Gasteiger partial charge in [-0.3, -0.25) is 0 Å². The second-order valence-electron chi connectivity index (χ2n) is 4.29. The Morgan fingerprint density at radius 2 is 2.15 bits per heavy atom. The predicted molar refractivity (Wildman–Crippen MR) is 76.7 cm³/mol. The molecule has 3 N–H and O–H groups in total. The fourth-order valence-corrected chi connectivity index (χ4v) is 3.41. The molecule has 1 aromatic carbocycles. The number of fused-ring (bicyclic) bond motifs is 1. The van der Waals surface area contributed by atoms with Crippen molar-refractivity contribution in [2.45, 2.75) is 5.92 Å². The molecule has 0 saturated heterocycles. The van der Waals surface area contributed by atoms with Gasteiger partial charge in [0.15, 0.2) is 0 Å². The summed E-state index contributed by atoms with van der Waals surface area (Å²) in [6.45, 7) is 0. The van der Waals surface area contributed by atoms with Gasteiger partial charge in [0.25, 0.3) is 0 Å². The molecule has 1 aromatic heterocycles. The number of rotatable bonds is 1. The highest BCUT2D eigenvalue weighted by molar-refractivity contribution is 7.16. The van der Waals surface area contributed by atoms with Gasteiger partial charge in [0.1, 0.15) is 23.1 Å². The summed E-state index contributed by atoms with van der Waals surface area (Å²) in [6, 6.07) is 10.5. The lowest BCUT2D eigenvalue weighted by molar-refractivity contribution is 0.388. The number of allylic oxidation sites excluding steroid dienone is 1. The van der Waals surface area contributed by atoms with Gasteiger partial charge >= 0.3 is 0 Å². The monoisotopic (exact) mass is 304 g/mol. The molecule has 100 valence electrons. The Hall–Kier alpha value is -2.16. The number of halogens is 1. The van der Waals surface area contributed by atoms with E-state index in [1.807, 2.05) is 6.07 Å². The molecule has 2 heterocycles. The van der Waals surface area contributed by atoms with Crippen molar-refractivity contribution >= 4 is 22.9 Å². The van der Waals surface area contributed by atoms with Gasteiger partial charge in [-0.05, 0) is 18.2 Å². The van der Waals surface area contributed by atoms with Crippen LogP contribution < -0.4 is 10.5 Å². The summed E-state index contributed by atoms with van der Waals surface area (Å²) in [6.07, 6.45) is 0. The summed E-state index contributed by atoms with van der Waals surface area (Å²) in [5.74, 6) is 0.276. The second-order valence-corrected chi connectivity index (χ2v) is 6.04. The quantitative estimate of drug-likeness (QED) is 0.847. The summed E-state index contributed by atoms with van der Waals surface area (Å²) >= 11 is 7.37. The zero-order valence-corrected chi connectivity index (χ0v) is 11.7. The number of nitriles is 1. The van der Waals surface area contributed by atoms with Crippen LogP contribution in [0.25, 0.3) is 0 Å². The highest BCUT2D eigenvalue weighted by Gasteiger charge is 2.31. The summed E-state index contributed by atoms with van der Waals surface area (Å²) in [5.41, 5.74) is 6.95. The first-order valence-electron chi connectivity index (χ1n) is 5.76. The number of phenolic OH excluding ortho intramolecular Hbond substituents is 1. The molecule has 0 fully saturated rings. The Balaban J connectivity index is 2.22. The normalized spacial score (nSPS) is 17.3. The lowest BCUT2D eigenvalue weighted by Crippen LogP contribution is -2.20. The summed E-state index contributed by atoms with van der Waals surface area (Å²) in [5, 5.41) is 18.9. The highest BCUT2D eigenvalue weighted by atomic mass is 35.5. The predicted octanol–water partition coefficient (Wildman–Crippen LogP) is 3.33. The van der Waals surface area contributed by atoms with Gasteiger partial charge in [0.05, 0.1) is 10.3 Å². The fraction of sp³-hybridized carbons (Fsp3) is 0.0714. The van der Waals surface area contributed by atoms with Gasteiger partial charge in [-0.1, -0.05) is 17.7 Å². The van der Waals surface area contributed by atoms with Gasteiger partial charge in [0.2, 0.25) is 5.88 Å². The zero-order chi connectivity index (χ0) is 14.3. The third kappa shape index (κ3) is 1.99. The van der Waals surface area contributed by atoms with Crippen LogP contribution >= 0.6 is 22.9 Å². The molecule has 1 aliphatic rings. The van der Waals surface area contributed by atoms with E-state index in [1.165, 1.54) is 17.4 Å². The van der Waals surface area contributed by atoms with E-state index in [0.717, 1.165) is 10.4 Å². The smallest absolute Gasteiger partial charge is 0.205 e. The van der Waals surface area contributed by atoms with Crippen molar-refractivity contribution in [1.82, 2.24) is 0 Å². The van der Waals surface area contributed by atoms with Crippen LogP contribution in [0, 0.1) is 11.3 Å². The Labute approximate surface area is 124 Å². The lowest BCUT2D eigenvalue weighted by Gasteiger charge is -2.25. The van der Waals surface area contributed by atoms with E-state index in [9.17, 15) is 10.4 Å². The molecule has 6 heteroatoms. The van der Waals surface area contributed by atoms with Crippen molar-refractivity contribution < 1.29 is 9.84 Å². The van der Waals surface area contributed by atoms with Crippen molar-refractivity contribution in [3.05, 3.63) is 56.6 Å². The van der Waals surface area contributed by atoms with Crippen LogP contribution in [-0.2, 0) is 0 Å². The number of benzene rings is 1. The average molecular weight is 305 g/mol. The fourth-order valence-electron chi connectivity index (χ4n) is 2.22. The van der Waals surface area contributed by atoms with Gasteiger partial charge in [0, 0.05) is 16.5 Å². The molecular weight excluding hydrogens is 296 g/mol. The van der Waals surface area contributed by atoms with Crippen LogP contribution in [0.1, 0.15) is 16.4 Å². The third-order valence-corrected chi connectivity index (χ3v) is 4.38. The third-order valence-electron chi connectivity index (χ3n) is 3.08. The molecule has 1 atom stereocenters. The number of phenols is 1. The van der Waals surface area contributed by atoms with E-state index in [4.69, 9.17) is 22.1 Å². The minimum atomic E-state index is -0.318. The Morgan fingerprint density at radius 3 is 2.80 bits per heavy atom. The van der Waals surface area contributed by atoms with Crippen LogP contribution in [0.5, 0.6) is 11.5 Å². The SMILES string of the molecule is N#CC1=C(N)Oc2cc(O)ccc2[C@H]1c1ccc(Cl)s1. The topological polar surface area (TPSA) is 79.3 Å². The summed E-state index contributed by atoms with van der Waals surface area (Å²) < 4.78 is 6.06. The lowest BCUT2D eigenvalue weighted by atomic mass is 9.88. The van der Waals surface area contributed by atoms with Crippen LogP contribution in [0.15, 0.2) is 41.8 Å². The molecule has 0 saturated carbocycles. The first-order chi connectivity index (χ1) is 9.60. The Kier molecular flexibility index (Phi) is 3.05. The molecule has 0 amide bonds. The number of aromatic hydroxyl groups is 1. The maximum absolute atomic E-state index is 9.54. The number of nitrogens with zero attached hydrogens (tertiary/aromatic N) is 1. The first kappa shape index (κ1) is 12.9. The van der Waals surface area contributed by atoms with E-state index >= 15 is 0 Å². The molecule has 0 spiro atoms. The molecular formula is C14H9ClN2O2S. The molecule has 2 aromatic rings. The number of nitrogens with two attached hydrogens (primary N) is 1. The molecule has 0 radical (unpaired) electrons. The molecule has 0 aliphatic carbocycles. The Morgan fingerprint density at radius 1 is 1.35 bits per heavy atom. The Bertz CT molecular complexity index is 761. The summed E-state index contributed by atoms with van der Waals surface area (Å²) in [4.78, 5) is 0.907. The van der Waals surface area contributed by atoms with Crippen molar-refractivity contribution in [3.63, 3.8) is 0 Å². The molecule has 3 rings (SSSR count). The average Bonchev–Trinajstić information content (AvgIpc) is 2.83. The summed E-state index contributed by atoms with van der Waals surface area (Å²) in [7, 11) is 0. The zero-order valence-electron chi connectivity index (χ0n) is 10.1. The maximum Gasteiger partial charge on any atom is 0.205 e. The number of hydrogen-bond acceptors (Lipinski definition) is 5. The number of thiophene rings is 1. The second kappa shape index (κ2) is 4.75. The van der Waals surface area contributed by atoms with E-state index in [-0.39, 0.29) is 17.6 Å². The number of ether oxygens (including phenoxy) is 1. The highest BCUT2D eigenvalue weighted by Crippen LogP contribution is 2.45. The minimum Gasteiger partial charge on any atom is -0.508 e. The van der Waals surface area contributed by atoms with Crippen LogP contribution in [0.4, 0.5) is 0 Å². The minimum absolute atomic E-state index is 0.0557.